The van der Waals surface area contributed by atoms with Crippen LogP contribution in [0.5, 0.6) is 0 Å². The van der Waals surface area contributed by atoms with Gasteiger partial charge in [0.1, 0.15) is 0 Å². The predicted molar refractivity (Wildman–Crippen MR) is 58.2 cm³/mol. The van der Waals surface area contributed by atoms with E-state index in [0.29, 0.717) is 6.54 Å². The number of nitrogens with one attached hydrogen (secondary N) is 2. The molecule has 0 saturated carbocycles. The van der Waals surface area contributed by atoms with Gasteiger partial charge in [-0.15, -0.1) is 0 Å². The van der Waals surface area contributed by atoms with Crippen LogP contribution < -0.4 is 16.4 Å². The lowest BCUT2D eigenvalue weighted by Gasteiger charge is -2.13. The molecule has 88 valence electrons. The first-order chi connectivity index (χ1) is 7.10. The summed E-state index contributed by atoms with van der Waals surface area (Å²) in [6.07, 6.45) is 0. The number of nitrogens with zero attached hydrogens (tertiary/aromatic N) is 1. The van der Waals surface area contributed by atoms with Crippen LogP contribution in [0.1, 0.15) is 6.92 Å². The quantitative estimate of drug-likeness (QED) is 0.465. The van der Waals surface area contributed by atoms with Crippen LogP contribution in [0, 0.1) is 0 Å². The van der Waals surface area contributed by atoms with Crippen LogP contribution in [-0.4, -0.2) is 56.5 Å². The Kier molecular flexibility index (Phi) is 7.57. The highest BCUT2D eigenvalue weighted by Crippen LogP contribution is 1.77. The molecule has 0 radical (unpaired) electrons. The molecule has 0 heterocycles. The van der Waals surface area contributed by atoms with Gasteiger partial charge in [0.15, 0.2) is 0 Å². The second-order valence-corrected chi connectivity index (χ2v) is 3.23. The molecule has 0 aliphatic heterocycles. The molecular formula is C9H20N4O2. The second-order valence-electron chi connectivity index (χ2n) is 3.23. The maximum atomic E-state index is 11.1. The third-order valence-electron chi connectivity index (χ3n) is 1.99. The van der Waals surface area contributed by atoms with Gasteiger partial charge in [0.2, 0.25) is 11.8 Å². The Labute approximate surface area is 90.2 Å². The van der Waals surface area contributed by atoms with Crippen molar-refractivity contribution in [3.05, 3.63) is 0 Å². The molecule has 0 spiro atoms. The SMILES string of the molecule is CCN(C)CCNC(=O)CNC(=O)CN. The van der Waals surface area contributed by atoms with Crippen molar-refractivity contribution in [2.75, 3.05) is 39.8 Å². The number of carbonyl (C=O) groups excluding carboxylic acids is 2. The first-order valence-corrected chi connectivity index (χ1v) is 5.02. The van der Waals surface area contributed by atoms with E-state index in [1.54, 1.807) is 0 Å². The van der Waals surface area contributed by atoms with Crippen LogP contribution in [0.3, 0.4) is 0 Å². The summed E-state index contributed by atoms with van der Waals surface area (Å²) in [7, 11) is 1.97. The highest BCUT2D eigenvalue weighted by Gasteiger charge is 2.03. The van der Waals surface area contributed by atoms with E-state index >= 15 is 0 Å². The molecule has 0 bridgehead atoms. The molecule has 0 aliphatic rings. The monoisotopic (exact) mass is 216 g/mol. The molecule has 2 amide bonds. The van der Waals surface area contributed by atoms with Crippen LogP contribution >= 0.6 is 0 Å². The minimum Gasteiger partial charge on any atom is -0.353 e. The maximum absolute atomic E-state index is 11.1. The second kappa shape index (κ2) is 8.19. The van der Waals surface area contributed by atoms with Gasteiger partial charge in [0, 0.05) is 13.1 Å². The summed E-state index contributed by atoms with van der Waals surface area (Å²) in [5, 5.41) is 5.09. The van der Waals surface area contributed by atoms with E-state index in [1.165, 1.54) is 0 Å². The standard InChI is InChI=1S/C9H20N4O2/c1-3-13(2)5-4-11-9(15)7-12-8(14)6-10/h3-7,10H2,1-2H3,(H,11,15)(H,12,14). The van der Waals surface area contributed by atoms with Crippen LogP contribution in [0.15, 0.2) is 0 Å². The summed E-state index contributed by atoms with van der Waals surface area (Å²) in [5.74, 6) is -0.517. The van der Waals surface area contributed by atoms with Crippen molar-refractivity contribution in [1.29, 1.82) is 0 Å². The molecule has 0 unspecified atom stereocenters. The van der Waals surface area contributed by atoms with Crippen LogP contribution in [0.25, 0.3) is 0 Å². The number of carbonyl (C=O) groups is 2. The topological polar surface area (TPSA) is 87.5 Å². The number of likely N-dealkylation sites (N-methyl/N-ethyl adjacent to an activating group) is 1. The lowest BCUT2D eigenvalue weighted by Crippen LogP contribution is -2.41. The Balaban J connectivity index is 3.45. The van der Waals surface area contributed by atoms with E-state index in [9.17, 15) is 9.59 Å². The van der Waals surface area contributed by atoms with Gasteiger partial charge in [-0.25, -0.2) is 0 Å². The summed E-state index contributed by atoms with van der Waals surface area (Å²) in [6.45, 7) is 4.27. The summed E-state index contributed by atoms with van der Waals surface area (Å²) >= 11 is 0. The Morgan fingerprint density at radius 1 is 1.27 bits per heavy atom. The lowest BCUT2D eigenvalue weighted by atomic mass is 10.5. The molecule has 0 aromatic carbocycles. The zero-order chi connectivity index (χ0) is 11.7. The van der Waals surface area contributed by atoms with Gasteiger partial charge < -0.3 is 21.3 Å². The lowest BCUT2D eigenvalue weighted by molar-refractivity contribution is -0.125. The highest BCUT2D eigenvalue weighted by atomic mass is 16.2. The fourth-order valence-electron chi connectivity index (χ4n) is 0.858. The minimum atomic E-state index is -0.323. The van der Waals surface area contributed by atoms with Crippen molar-refractivity contribution in [2.45, 2.75) is 6.92 Å². The molecule has 0 aliphatic carbocycles. The first-order valence-electron chi connectivity index (χ1n) is 5.02. The summed E-state index contributed by atoms with van der Waals surface area (Å²) in [5.41, 5.74) is 5.07. The van der Waals surface area contributed by atoms with E-state index < -0.39 is 0 Å². The van der Waals surface area contributed by atoms with E-state index in [1.807, 2.05) is 14.0 Å². The Hall–Kier alpha value is -1.14. The summed E-state index contributed by atoms with van der Waals surface area (Å²) in [6, 6.07) is 0. The molecule has 0 aromatic rings. The summed E-state index contributed by atoms with van der Waals surface area (Å²) in [4.78, 5) is 24.0. The van der Waals surface area contributed by atoms with Crippen molar-refractivity contribution < 1.29 is 9.59 Å². The van der Waals surface area contributed by atoms with E-state index in [0.717, 1.165) is 13.1 Å². The summed E-state index contributed by atoms with van der Waals surface area (Å²) < 4.78 is 0. The van der Waals surface area contributed by atoms with Crippen molar-refractivity contribution in [3.63, 3.8) is 0 Å². The molecule has 0 aromatic heterocycles. The average Bonchev–Trinajstić information content (AvgIpc) is 2.25. The fourth-order valence-corrected chi connectivity index (χ4v) is 0.858. The van der Waals surface area contributed by atoms with Gasteiger partial charge in [0.05, 0.1) is 13.1 Å². The molecule has 6 nitrogen and oxygen atoms in total. The number of rotatable bonds is 7. The molecule has 0 fully saturated rings. The molecule has 0 rings (SSSR count). The van der Waals surface area contributed by atoms with Gasteiger partial charge in [0.25, 0.3) is 0 Å². The number of hydrogen-bond acceptors (Lipinski definition) is 4. The molecule has 15 heavy (non-hydrogen) atoms. The smallest absolute Gasteiger partial charge is 0.239 e. The van der Waals surface area contributed by atoms with Gasteiger partial charge in [-0.05, 0) is 13.6 Å². The zero-order valence-electron chi connectivity index (χ0n) is 9.38. The van der Waals surface area contributed by atoms with Crippen molar-refractivity contribution in [1.82, 2.24) is 15.5 Å². The van der Waals surface area contributed by atoms with E-state index in [-0.39, 0.29) is 24.9 Å². The van der Waals surface area contributed by atoms with Crippen LogP contribution in [0.4, 0.5) is 0 Å². The highest BCUT2D eigenvalue weighted by molar-refractivity contribution is 5.85. The van der Waals surface area contributed by atoms with Crippen molar-refractivity contribution >= 4 is 11.8 Å². The fraction of sp³-hybridized carbons (Fsp3) is 0.778. The normalized spacial score (nSPS) is 10.1. The maximum Gasteiger partial charge on any atom is 0.239 e. The van der Waals surface area contributed by atoms with Gasteiger partial charge in [-0.1, -0.05) is 6.92 Å². The molecule has 6 heteroatoms. The number of amides is 2. The van der Waals surface area contributed by atoms with Crippen molar-refractivity contribution in [2.24, 2.45) is 5.73 Å². The van der Waals surface area contributed by atoms with E-state index in [2.05, 4.69) is 15.5 Å². The molecule has 4 N–H and O–H groups in total. The van der Waals surface area contributed by atoms with Crippen LogP contribution in [0.2, 0.25) is 0 Å². The molecule has 0 saturated heterocycles. The number of nitrogens with two attached hydrogens (primary N) is 1. The average molecular weight is 216 g/mol. The van der Waals surface area contributed by atoms with Crippen molar-refractivity contribution in [3.8, 4) is 0 Å². The van der Waals surface area contributed by atoms with Gasteiger partial charge in [-0.3, -0.25) is 9.59 Å². The van der Waals surface area contributed by atoms with E-state index in [4.69, 9.17) is 5.73 Å². The Bertz CT molecular complexity index is 208. The minimum absolute atomic E-state index is 0.00806. The Morgan fingerprint density at radius 3 is 2.47 bits per heavy atom. The molecule has 0 atom stereocenters. The first kappa shape index (κ1) is 13.9. The molecular weight excluding hydrogens is 196 g/mol. The Morgan fingerprint density at radius 2 is 1.93 bits per heavy atom. The van der Waals surface area contributed by atoms with Gasteiger partial charge >= 0.3 is 0 Å². The zero-order valence-corrected chi connectivity index (χ0v) is 9.38. The third kappa shape index (κ3) is 7.90. The predicted octanol–water partition coefficient (Wildman–Crippen LogP) is -1.87. The van der Waals surface area contributed by atoms with Crippen LogP contribution in [-0.2, 0) is 9.59 Å². The van der Waals surface area contributed by atoms with Gasteiger partial charge in [-0.2, -0.15) is 0 Å². The largest absolute Gasteiger partial charge is 0.353 e. The number of hydrogen-bond donors (Lipinski definition) is 3. The third-order valence-corrected chi connectivity index (χ3v) is 1.99.